The first-order valence-electron chi connectivity index (χ1n) is 13.2. The second kappa shape index (κ2) is 13.0. The predicted molar refractivity (Wildman–Crippen MR) is 151 cm³/mol. The van der Waals surface area contributed by atoms with Crippen LogP contribution in [0.1, 0.15) is 31.2 Å². The van der Waals surface area contributed by atoms with E-state index in [0.29, 0.717) is 12.2 Å². The van der Waals surface area contributed by atoms with Gasteiger partial charge in [-0.05, 0) is 99.9 Å². The van der Waals surface area contributed by atoms with E-state index < -0.39 is 16.6 Å². The summed E-state index contributed by atoms with van der Waals surface area (Å²) in [4.78, 5) is 0. The van der Waals surface area contributed by atoms with Gasteiger partial charge in [-0.2, -0.15) is 5.26 Å². The number of unbranched alkanes of at least 4 members (excludes halogenated alkanes) is 1. The van der Waals surface area contributed by atoms with E-state index in [1.54, 1.807) is 0 Å². The molecule has 1 aliphatic rings. The molecule has 36 heavy (non-hydrogen) atoms. The summed E-state index contributed by atoms with van der Waals surface area (Å²) in [5, 5.41) is 8.95. The zero-order valence-corrected chi connectivity index (χ0v) is 24.8. The van der Waals surface area contributed by atoms with Crippen LogP contribution in [-0.4, -0.2) is 49.7 Å². The Kier molecular flexibility index (Phi) is 10.4. The molecule has 1 aliphatic heterocycles. The SMILES string of the molecule is C[Si](C)(C)O[Si](C)(C)CCCOCC1(CCCCOc2ccc(-c3ccc(C#N)cc3)cc2)COC1. The number of nitriles is 1. The topological polar surface area (TPSA) is 60.7 Å². The Balaban J connectivity index is 1.30. The molecule has 1 heterocycles. The molecular formula is C29H43NO4Si2. The summed E-state index contributed by atoms with van der Waals surface area (Å²) in [5.74, 6) is 0.891. The van der Waals surface area contributed by atoms with Crippen LogP contribution in [0.25, 0.3) is 11.1 Å². The molecule has 1 saturated heterocycles. The summed E-state index contributed by atoms with van der Waals surface area (Å²) in [6, 6.07) is 19.1. The van der Waals surface area contributed by atoms with E-state index in [1.165, 1.54) is 0 Å². The van der Waals surface area contributed by atoms with E-state index in [1.807, 2.05) is 36.4 Å². The molecule has 196 valence electrons. The van der Waals surface area contributed by atoms with Gasteiger partial charge in [0.2, 0.25) is 0 Å². The summed E-state index contributed by atoms with van der Waals surface area (Å²) in [7, 11) is -3.04. The number of benzene rings is 2. The van der Waals surface area contributed by atoms with Crippen molar-refractivity contribution in [3.8, 4) is 22.9 Å². The lowest BCUT2D eigenvalue weighted by Crippen LogP contribution is -2.46. The highest BCUT2D eigenvalue weighted by Gasteiger charge is 2.38. The maximum atomic E-state index is 8.95. The zero-order chi connectivity index (χ0) is 26.1. The fourth-order valence-corrected chi connectivity index (χ4v) is 12.8. The van der Waals surface area contributed by atoms with Crippen molar-refractivity contribution in [1.29, 1.82) is 5.26 Å². The second-order valence-corrected chi connectivity index (χ2v) is 20.7. The highest BCUT2D eigenvalue weighted by Crippen LogP contribution is 2.34. The highest BCUT2D eigenvalue weighted by atomic mass is 28.4. The van der Waals surface area contributed by atoms with Crippen molar-refractivity contribution in [2.45, 2.75) is 64.5 Å². The van der Waals surface area contributed by atoms with Crippen molar-refractivity contribution in [3.05, 3.63) is 54.1 Å². The molecule has 0 atom stereocenters. The van der Waals surface area contributed by atoms with Crippen LogP contribution in [0.2, 0.25) is 38.8 Å². The first kappa shape index (κ1) is 28.6. The fraction of sp³-hybridized carbons (Fsp3) is 0.552. The maximum Gasteiger partial charge on any atom is 0.173 e. The standard InChI is InChI=1S/C29H43NO4Si2/c1-35(2,3)34-36(4,5)20-8-18-31-22-29(23-32-24-29)17-6-7-19-33-28-15-13-27(14-16-28)26-11-9-25(21-30)10-12-26/h9-16H,6-8,17-20,22-24H2,1-5H3. The average molecular weight is 526 g/mol. The first-order valence-corrected chi connectivity index (χ1v) is 19.7. The molecule has 0 radical (unpaired) electrons. The second-order valence-electron chi connectivity index (χ2n) is 11.6. The third-order valence-electron chi connectivity index (χ3n) is 6.45. The lowest BCUT2D eigenvalue weighted by molar-refractivity contribution is -0.153. The minimum atomic E-state index is -1.58. The minimum absolute atomic E-state index is 0.185. The predicted octanol–water partition coefficient (Wildman–Crippen LogP) is 7.25. The van der Waals surface area contributed by atoms with Gasteiger partial charge in [-0.25, -0.2) is 0 Å². The van der Waals surface area contributed by atoms with Gasteiger partial charge in [-0.3, -0.25) is 0 Å². The summed E-state index contributed by atoms with van der Waals surface area (Å²) in [6.45, 7) is 15.4. The average Bonchev–Trinajstić information content (AvgIpc) is 2.80. The van der Waals surface area contributed by atoms with Crippen LogP contribution < -0.4 is 4.74 Å². The molecule has 0 amide bonds. The fourth-order valence-electron chi connectivity index (χ4n) is 4.73. The molecule has 1 fully saturated rings. The van der Waals surface area contributed by atoms with Gasteiger partial charge < -0.3 is 18.3 Å². The lowest BCUT2D eigenvalue weighted by Gasteiger charge is -2.41. The quantitative estimate of drug-likeness (QED) is 0.181. The van der Waals surface area contributed by atoms with Crippen LogP contribution in [0.3, 0.4) is 0 Å². The Hall–Kier alpha value is -1.96. The van der Waals surface area contributed by atoms with Gasteiger partial charge in [0.25, 0.3) is 0 Å². The molecule has 0 N–H and O–H groups in total. The lowest BCUT2D eigenvalue weighted by atomic mass is 9.82. The first-order chi connectivity index (χ1) is 17.1. The third kappa shape index (κ3) is 9.49. The Morgan fingerprint density at radius 2 is 1.50 bits per heavy atom. The Morgan fingerprint density at radius 3 is 2.06 bits per heavy atom. The molecule has 0 saturated carbocycles. The van der Waals surface area contributed by atoms with Crippen molar-refractivity contribution < 1.29 is 18.3 Å². The molecular weight excluding hydrogens is 482 g/mol. The molecule has 0 spiro atoms. The summed E-state index contributed by atoms with van der Waals surface area (Å²) in [6.07, 6.45) is 4.33. The van der Waals surface area contributed by atoms with Crippen molar-refractivity contribution in [3.63, 3.8) is 0 Å². The van der Waals surface area contributed by atoms with Gasteiger partial charge in [0.05, 0.1) is 38.1 Å². The molecule has 0 aromatic heterocycles. The van der Waals surface area contributed by atoms with Crippen molar-refractivity contribution >= 4 is 16.6 Å². The summed E-state index contributed by atoms with van der Waals surface area (Å²) >= 11 is 0. The highest BCUT2D eigenvalue weighted by molar-refractivity contribution is 6.84. The monoisotopic (exact) mass is 525 g/mol. The van der Waals surface area contributed by atoms with E-state index >= 15 is 0 Å². The van der Waals surface area contributed by atoms with Gasteiger partial charge in [0, 0.05) is 12.0 Å². The maximum absolute atomic E-state index is 8.95. The van der Waals surface area contributed by atoms with Crippen molar-refractivity contribution in [2.24, 2.45) is 5.41 Å². The van der Waals surface area contributed by atoms with Gasteiger partial charge in [-0.1, -0.05) is 24.3 Å². The Bertz CT molecular complexity index is 974. The van der Waals surface area contributed by atoms with E-state index in [-0.39, 0.29) is 5.41 Å². The molecule has 2 aromatic carbocycles. The van der Waals surface area contributed by atoms with E-state index in [9.17, 15) is 0 Å². The van der Waals surface area contributed by atoms with Crippen LogP contribution in [0.5, 0.6) is 5.75 Å². The van der Waals surface area contributed by atoms with Gasteiger partial charge in [-0.15, -0.1) is 0 Å². The number of ether oxygens (including phenoxy) is 3. The molecule has 0 bridgehead atoms. The summed E-state index contributed by atoms with van der Waals surface area (Å²) in [5.41, 5.74) is 3.08. The van der Waals surface area contributed by atoms with Gasteiger partial charge >= 0.3 is 0 Å². The molecule has 3 rings (SSSR count). The van der Waals surface area contributed by atoms with Crippen LogP contribution in [-0.2, 0) is 13.6 Å². The molecule has 5 nitrogen and oxygen atoms in total. The minimum Gasteiger partial charge on any atom is -0.494 e. The Morgan fingerprint density at radius 1 is 0.861 bits per heavy atom. The van der Waals surface area contributed by atoms with Crippen LogP contribution in [0, 0.1) is 16.7 Å². The van der Waals surface area contributed by atoms with Crippen molar-refractivity contribution in [2.75, 3.05) is 33.0 Å². The van der Waals surface area contributed by atoms with Crippen LogP contribution >= 0.6 is 0 Å². The molecule has 0 aliphatic carbocycles. The van der Waals surface area contributed by atoms with Gasteiger partial charge in [0.15, 0.2) is 16.6 Å². The molecule has 2 aromatic rings. The molecule has 0 unspecified atom stereocenters. The Labute approximate surface area is 220 Å². The molecule has 7 heteroatoms. The summed E-state index contributed by atoms with van der Waals surface area (Å²) < 4.78 is 24.1. The zero-order valence-electron chi connectivity index (χ0n) is 22.8. The number of hydrogen-bond donors (Lipinski definition) is 0. The van der Waals surface area contributed by atoms with E-state index in [4.69, 9.17) is 23.6 Å². The van der Waals surface area contributed by atoms with E-state index in [2.05, 4.69) is 50.9 Å². The number of hydrogen-bond acceptors (Lipinski definition) is 5. The van der Waals surface area contributed by atoms with Crippen LogP contribution in [0.15, 0.2) is 48.5 Å². The smallest absolute Gasteiger partial charge is 0.173 e. The van der Waals surface area contributed by atoms with Crippen LogP contribution in [0.4, 0.5) is 0 Å². The normalized spacial score (nSPS) is 15.2. The number of rotatable bonds is 15. The van der Waals surface area contributed by atoms with Crippen molar-refractivity contribution in [1.82, 2.24) is 0 Å². The van der Waals surface area contributed by atoms with E-state index in [0.717, 1.165) is 75.0 Å². The largest absolute Gasteiger partial charge is 0.494 e. The number of nitrogens with zero attached hydrogens (tertiary/aromatic N) is 1. The van der Waals surface area contributed by atoms with Gasteiger partial charge in [0.1, 0.15) is 5.75 Å². The third-order valence-corrected chi connectivity index (χ3v) is 12.7.